The molecule has 0 N–H and O–H groups in total. The molecule has 0 fully saturated rings. The van der Waals surface area contributed by atoms with Crippen LogP contribution in [0.2, 0.25) is 0 Å². The molecule has 1 heterocycles. The molecular formula is C15H18S2. The van der Waals surface area contributed by atoms with Crippen LogP contribution >= 0.6 is 23.1 Å². The lowest BCUT2D eigenvalue weighted by Gasteiger charge is -2.08. The van der Waals surface area contributed by atoms with Gasteiger partial charge in [-0.25, -0.2) is 0 Å². The molecule has 0 atom stereocenters. The van der Waals surface area contributed by atoms with E-state index in [4.69, 9.17) is 0 Å². The summed E-state index contributed by atoms with van der Waals surface area (Å²) in [6.07, 6.45) is 0. The zero-order valence-corrected chi connectivity index (χ0v) is 12.5. The molecule has 90 valence electrons. The van der Waals surface area contributed by atoms with Crippen molar-refractivity contribution in [2.45, 2.75) is 32.6 Å². The van der Waals surface area contributed by atoms with Crippen molar-refractivity contribution in [1.82, 2.24) is 0 Å². The van der Waals surface area contributed by atoms with Gasteiger partial charge < -0.3 is 0 Å². The van der Waals surface area contributed by atoms with Gasteiger partial charge in [0, 0.05) is 14.5 Å². The van der Waals surface area contributed by atoms with Gasteiger partial charge >= 0.3 is 0 Å². The van der Waals surface area contributed by atoms with Gasteiger partial charge in [-0.3, -0.25) is 0 Å². The van der Waals surface area contributed by atoms with Crippen LogP contribution < -0.4 is 0 Å². The topological polar surface area (TPSA) is 0 Å². The first kappa shape index (κ1) is 12.7. The molecule has 0 amide bonds. The maximum absolute atomic E-state index is 4.10. The molecule has 0 aliphatic carbocycles. The molecule has 0 aliphatic heterocycles. The van der Waals surface area contributed by atoms with E-state index in [0.29, 0.717) is 0 Å². The molecule has 0 spiro atoms. The van der Waals surface area contributed by atoms with Gasteiger partial charge in [-0.05, 0) is 60.7 Å². The van der Waals surface area contributed by atoms with Crippen molar-refractivity contribution in [3.05, 3.63) is 34.7 Å². The van der Waals surface area contributed by atoms with Crippen molar-refractivity contribution in [1.29, 1.82) is 0 Å². The summed E-state index contributed by atoms with van der Waals surface area (Å²) in [5, 5.41) is 1.41. The number of thioether (sulfide) groups is 1. The molecule has 17 heavy (non-hydrogen) atoms. The summed E-state index contributed by atoms with van der Waals surface area (Å²) in [5.74, 6) is 1.11. The molecular weight excluding hydrogens is 244 g/mol. The number of hydrogen-bond acceptors (Lipinski definition) is 2. The number of hydrogen-bond donors (Lipinski definition) is 0. The highest BCUT2D eigenvalue weighted by molar-refractivity contribution is 7.99. The van der Waals surface area contributed by atoms with E-state index in [1.807, 2.05) is 23.1 Å². The van der Waals surface area contributed by atoms with E-state index >= 15 is 0 Å². The van der Waals surface area contributed by atoms with Crippen LogP contribution in [0.1, 0.15) is 29.9 Å². The standard InChI is InChI=1S/C15H18S2/c1-6-16-14-8-13-10(4)11(5)17-15(13)7-12(14)9(2)3/h7-8H,2,6H2,1,3-5H3. The Bertz CT molecular complexity index is 576. The summed E-state index contributed by atoms with van der Waals surface area (Å²) < 4.78 is 1.39. The number of allylic oxidation sites excluding steroid dienone is 1. The van der Waals surface area contributed by atoms with E-state index in [2.05, 4.69) is 46.4 Å². The first-order valence-electron chi connectivity index (χ1n) is 5.87. The SMILES string of the molecule is C=C(C)c1cc2sc(C)c(C)c2cc1SCC. The van der Waals surface area contributed by atoms with Crippen molar-refractivity contribution < 1.29 is 0 Å². The van der Waals surface area contributed by atoms with Gasteiger partial charge in [-0.2, -0.15) is 0 Å². The van der Waals surface area contributed by atoms with Crippen LogP contribution in [0, 0.1) is 13.8 Å². The number of rotatable bonds is 3. The fourth-order valence-electron chi connectivity index (χ4n) is 1.98. The van der Waals surface area contributed by atoms with E-state index in [-0.39, 0.29) is 0 Å². The maximum atomic E-state index is 4.10. The highest BCUT2D eigenvalue weighted by atomic mass is 32.2. The summed E-state index contributed by atoms with van der Waals surface area (Å²) >= 11 is 3.79. The van der Waals surface area contributed by atoms with Gasteiger partial charge in [0.1, 0.15) is 0 Å². The minimum absolute atomic E-state index is 1.11. The van der Waals surface area contributed by atoms with Gasteiger partial charge in [0.25, 0.3) is 0 Å². The highest BCUT2D eigenvalue weighted by Crippen LogP contribution is 2.37. The zero-order valence-electron chi connectivity index (χ0n) is 10.9. The van der Waals surface area contributed by atoms with E-state index in [0.717, 1.165) is 11.3 Å². The minimum Gasteiger partial charge on any atom is -0.140 e. The van der Waals surface area contributed by atoms with Crippen molar-refractivity contribution >= 4 is 38.8 Å². The van der Waals surface area contributed by atoms with Gasteiger partial charge in [0.05, 0.1) is 0 Å². The van der Waals surface area contributed by atoms with Crippen molar-refractivity contribution in [2.24, 2.45) is 0 Å². The van der Waals surface area contributed by atoms with Gasteiger partial charge in [0.2, 0.25) is 0 Å². The second kappa shape index (κ2) is 4.87. The highest BCUT2D eigenvalue weighted by Gasteiger charge is 2.10. The third-order valence-electron chi connectivity index (χ3n) is 3.04. The number of thiophene rings is 1. The third kappa shape index (κ3) is 2.29. The first-order valence-corrected chi connectivity index (χ1v) is 7.67. The number of aryl methyl sites for hydroxylation is 2. The minimum atomic E-state index is 1.11. The zero-order chi connectivity index (χ0) is 12.6. The summed E-state index contributed by atoms with van der Waals surface area (Å²) in [4.78, 5) is 2.79. The molecule has 0 saturated carbocycles. The average Bonchev–Trinajstić information content (AvgIpc) is 2.55. The normalized spacial score (nSPS) is 11.1. The predicted octanol–water partition coefficient (Wildman–Crippen LogP) is 5.66. The van der Waals surface area contributed by atoms with Crippen LogP contribution in [0.15, 0.2) is 23.6 Å². The smallest absolute Gasteiger partial charge is 0.0355 e. The van der Waals surface area contributed by atoms with Crippen LogP contribution in [-0.4, -0.2) is 5.75 Å². The Morgan fingerprint density at radius 2 is 2.06 bits per heavy atom. The Morgan fingerprint density at radius 1 is 1.35 bits per heavy atom. The molecule has 1 aromatic heterocycles. The summed E-state index contributed by atoms with van der Waals surface area (Å²) in [6.45, 7) is 12.8. The van der Waals surface area contributed by atoms with Crippen LogP contribution in [0.3, 0.4) is 0 Å². The van der Waals surface area contributed by atoms with E-state index in [1.54, 1.807) is 0 Å². The maximum Gasteiger partial charge on any atom is 0.0355 e. The summed E-state index contributed by atoms with van der Waals surface area (Å²) in [6, 6.07) is 4.65. The predicted molar refractivity (Wildman–Crippen MR) is 82.4 cm³/mol. The number of benzene rings is 1. The molecule has 0 unspecified atom stereocenters. The van der Waals surface area contributed by atoms with Crippen LogP contribution in [-0.2, 0) is 0 Å². The summed E-state index contributed by atoms with van der Waals surface area (Å²) in [7, 11) is 0. The van der Waals surface area contributed by atoms with Crippen molar-refractivity contribution in [2.75, 3.05) is 5.75 Å². The molecule has 0 saturated heterocycles. The van der Waals surface area contributed by atoms with Crippen LogP contribution in [0.5, 0.6) is 0 Å². The lowest BCUT2D eigenvalue weighted by Crippen LogP contribution is -1.85. The van der Waals surface area contributed by atoms with Gasteiger partial charge in [-0.15, -0.1) is 23.1 Å². The van der Waals surface area contributed by atoms with E-state index < -0.39 is 0 Å². The average molecular weight is 262 g/mol. The van der Waals surface area contributed by atoms with Crippen LogP contribution in [0.4, 0.5) is 0 Å². The molecule has 2 rings (SSSR count). The Hall–Kier alpha value is -0.730. The van der Waals surface area contributed by atoms with E-state index in [9.17, 15) is 0 Å². The summed E-state index contributed by atoms with van der Waals surface area (Å²) in [5.41, 5.74) is 3.90. The monoisotopic (exact) mass is 262 g/mol. The Labute approximate surface area is 112 Å². The molecule has 0 nitrogen and oxygen atoms in total. The third-order valence-corrected chi connectivity index (χ3v) is 5.14. The Kier molecular flexibility index (Phi) is 3.64. The first-order chi connectivity index (χ1) is 8.04. The quantitative estimate of drug-likeness (QED) is 0.643. The second-order valence-corrected chi connectivity index (χ2v) is 6.90. The Morgan fingerprint density at radius 3 is 2.65 bits per heavy atom. The van der Waals surface area contributed by atoms with Crippen molar-refractivity contribution in [3.63, 3.8) is 0 Å². The lowest BCUT2D eigenvalue weighted by molar-refractivity contribution is 1.39. The molecule has 0 radical (unpaired) electrons. The molecule has 1 aromatic carbocycles. The molecule has 2 heteroatoms. The van der Waals surface area contributed by atoms with E-state index in [1.165, 1.54) is 31.0 Å². The number of fused-ring (bicyclic) bond motifs is 1. The van der Waals surface area contributed by atoms with Gasteiger partial charge in [0.15, 0.2) is 0 Å². The molecule has 2 aromatic rings. The largest absolute Gasteiger partial charge is 0.140 e. The molecule has 0 bridgehead atoms. The lowest BCUT2D eigenvalue weighted by atomic mass is 10.1. The van der Waals surface area contributed by atoms with Gasteiger partial charge in [-0.1, -0.05) is 13.5 Å². The Balaban J connectivity index is 2.72. The fourth-order valence-corrected chi connectivity index (χ4v) is 3.97. The molecule has 0 aliphatic rings. The fraction of sp³-hybridized carbons (Fsp3) is 0.333. The van der Waals surface area contributed by atoms with Crippen LogP contribution in [0.25, 0.3) is 15.7 Å². The van der Waals surface area contributed by atoms with Crippen molar-refractivity contribution in [3.8, 4) is 0 Å². The second-order valence-electron chi connectivity index (χ2n) is 4.34.